The summed E-state index contributed by atoms with van der Waals surface area (Å²) in [5.74, 6) is -0.746. The molecule has 0 spiro atoms. The number of amides is 1. The van der Waals surface area contributed by atoms with Gasteiger partial charge in [-0.1, -0.05) is 0 Å². The molecular weight excluding hydrogens is 297 g/mol. The van der Waals surface area contributed by atoms with Crippen LogP contribution in [0.3, 0.4) is 0 Å². The molecule has 0 aliphatic carbocycles. The van der Waals surface area contributed by atoms with Crippen LogP contribution in [0.4, 0.5) is 4.39 Å². The van der Waals surface area contributed by atoms with Crippen molar-refractivity contribution >= 4 is 12.1 Å². The van der Waals surface area contributed by atoms with E-state index in [9.17, 15) is 9.18 Å². The average molecular weight is 309 g/mol. The molecule has 7 heteroatoms. The molecule has 0 fully saturated rings. The van der Waals surface area contributed by atoms with E-state index < -0.39 is 5.91 Å². The molecule has 2 N–H and O–H groups in total. The van der Waals surface area contributed by atoms with E-state index in [0.29, 0.717) is 11.3 Å². The Hall–Kier alpha value is -3.35. The first-order valence-electron chi connectivity index (χ1n) is 6.77. The van der Waals surface area contributed by atoms with Crippen molar-refractivity contribution in [3.63, 3.8) is 0 Å². The highest BCUT2D eigenvalue weighted by Crippen LogP contribution is 2.17. The number of nitrogens with one attached hydrogen (secondary N) is 2. The van der Waals surface area contributed by atoms with Crippen LogP contribution in [-0.2, 0) is 0 Å². The van der Waals surface area contributed by atoms with Crippen LogP contribution >= 0.6 is 0 Å². The van der Waals surface area contributed by atoms with Gasteiger partial charge in [-0.25, -0.2) is 9.82 Å². The highest BCUT2D eigenvalue weighted by molar-refractivity contribution is 5.94. The van der Waals surface area contributed by atoms with Crippen molar-refractivity contribution in [3.8, 4) is 11.3 Å². The number of hydrazone groups is 1. The summed E-state index contributed by atoms with van der Waals surface area (Å²) in [6.45, 7) is 0. The topological polar surface area (TPSA) is 83.0 Å². The van der Waals surface area contributed by atoms with E-state index in [0.717, 1.165) is 5.56 Å². The third-order valence-electron chi connectivity index (χ3n) is 3.05. The number of nitrogens with zero attached hydrogens (tertiary/aromatic N) is 3. The number of aromatic nitrogens is 3. The summed E-state index contributed by atoms with van der Waals surface area (Å²) in [6, 6.07) is 11.0. The van der Waals surface area contributed by atoms with Crippen LogP contribution in [0.2, 0.25) is 0 Å². The van der Waals surface area contributed by atoms with E-state index >= 15 is 0 Å². The fourth-order valence-electron chi connectivity index (χ4n) is 1.88. The lowest BCUT2D eigenvalue weighted by molar-refractivity contribution is 0.0950. The minimum atomic E-state index is -0.420. The molecule has 0 atom stereocenters. The number of halogens is 1. The summed E-state index contributed by atoms with van der Waals surface area (Å²) in [5, 5.41) is 10.5. The second kappa shape index (κ2) is 6.61. The van der Waals surface area contributed by atoms with Gasteiger partial charge in [0, 0.05) is 18.0 Å². The number of pyridine rings is 1. The van der Waals surface area contributed by atoms with Crippen molar-refractivity contribution < 1.29 is 9.18 Å². The predicted octanol–water partition coefficient (Wildman–Crippen LogP) is 2.37. The highest BCUT2D eigenvalue weighted by atomic mass is 19.1. The minimum absolute atomic E-state index is 0.260. The molecule has 0 saturated carbocycles. The van der Waals surface area contributed by atoms with Crippen molar-refractivity contribution in [1.82, 2.24) is 20.6 Å². The molecule has 1 amide bonds. The quantitative estimate of drug-likeness (QED) is 0.573. The molecule has 2 heterocycles. The SMILES string of the molecule is O=C(NN=Cc1ccncc1)c1cc(-c2ccc(F)cc2)n[nH]1. The lowest BCUT2D eigenvalue weighted by Crippen LogP contribution is -2.17. The van der Waals surface area contributed by atoms with E-state index in [2.05, 4.69) is 25.7 Å². The van der Waals surface area contributed by atoms with Crippen LogP contribution in [0.5, 0.6) is 0 Å². The molecule has 0 saturated heterocycles. The minimum Gasteiger partial charge on any atom is -0.272 e. The van der Waals surface area contributed by atoms with Gasteiger partial charge in [-0.15, -0.1) is 0 Å². The van der Waals surface area contributed by atoms with Gasteiger partial charge in [0.05, 0.1) is 11.9 Å². The summed E-state index contributed by atoms with van der Waals surface area (Å²) in [7, 11) is 0. The number of H-pyrrole nitrogens is 1. The Kier molecular flexibility index (Phi) is 4.19. The number of carbonyl (C=O) groups is 1. The van der Waals surface area contributed by atoms with Gasteiger partial charge in [-0.2, -0.15) is 10.2 Å². The van der Waals surface area contributed by atoms with Crippen molar-refractivity contribution in [2.75, 3.05) is 0 Å². The van der Waals surface area contributed by atoms with Crippen molar-refractivity contribution in [3.05, 3.63) is 71.9 Å². The van der Waals surface area contributed by atoms with Gasteiger partial charge in [0.15, 0.2) is 0 Å². The lowest BCUT2D eigenvalue weighted by atomic mass is 10.1. The molecule has 3 rings (SSSR count). The zero-order valence-corrected chi connectivity index (χ0v) is 11.9. The molecule has 0 unspecified atom stereocenters. The highest BCUT2D eigenvalue weighted by Gasteiger charge is 2.10. The Morgan fingerprint density at radius 1 is 1.17 bits per heavy atom. The van der Waals surface area contributed by atoms with Gasteiger partial charge in [0.2, 0.25) is 0 Å². The van der Waals surface area contributed by atoms with Gasteiger partial charge in [0.1, 0.15) is 11.5 Å². The maximum Gasteiger partial charge on any atom is 0.289 e. The number of aromatic amines is 1. The van der Waals surface area contributed by atoms with E-state index in [1.54, 1.807) is 42.7 Å². The summed E-state index contributed by atoms with van der Waals surface area (Å²) in [4.78, 5) is 15.9. The zero-order valence-electron chi connectivity index (χ0n) is 11.9. The van der Waals surface area contributed by atoms with Crippen LogP contribution in [0, 0.1) is 5.82 Å². The van der Waals surface area contributed by atoms with Crippen LogP contribution in [-0.4, -0.2) is 27.3 Å². The largest absolute Gasteiger partial charge is 0.289 e. The van der Waals surface area contributed by atoms with E-state index in [1.807, 2.05) is 0 Å². The number of carbonyl (C=O) groups excluding carboxylic acids is 1. The maximum absolute atomic E-state index is 12.9. The standard InChI is InChI=1S/C16H12FN5O/c17-13-3-1-12(2-4-13)14-9-15(21-20-14)16(23)22-19-10-11-5-7-18-8-6-11/h1-10H,(H,20,21)(H,22,23). The third kappa shape index (κ3) is 3.65. The molecule has 23 heavy (non-hydrogen) atoms. The van der Waals surface area contributed by atoms with Crippen molar-refractivity contribution in [2.24, 2.45) is 5.10 Å². The number of benzene rings is 1. The Balaban J connectivity index is 1.67. The first kappa shape index (κ1) is 14.6. The maximum atomic E-state index is 12.9. The van der Waals surface area contributed by atoms with E-state index in [-0.39, 0.29) is 11.5 Å². The van der Waals surface area contributed by atoms with Gasteiger partial charge in [-0.3, -0.25) is 14.9 Å². The molecule has 0 bridgehead atoms. The number of hydrogen-bond donors (Lipinski definition) is 2. The second-order valence-corrected chi connectivity index (χ2v) is 4.65. The Morgan fingerprint density at radius 3 is 2.65 bits per heavy atom. The van der Waals surface area contributed by atoms with E-state index in [1.165, 1.54) is 18.3 Å². The van der Waals surface area contributed by atoms with Crippen molar-refractivity contribution in [2.45, 2.75) is 0 Å². The molecule has 6 nitrogen and oxygen atoms in total. The fourth-order valence-corrected chi connectivity index (χ4v) is 1.88. The summed E-state index contributed by atoms with van der Waals surface area (Å²) < 4.78 is 12.9. The molecule has 0 aliphatic rings. The van der Waals surface area contributed by atoms with Gasteiger partial charge >= 0.3 is 0 Å². The third-order valence-corrected chi connectivity index (χ3v) is 3.05. The van der Waals surface area contributed by atoms with Crippen LogP contribution < -0.4 is 5.43 Å². The predicted molar refractivity (Wildman–Crippen MR) is 83.3 cm³/mol. The lowest BCUT2D eigenvalue weighted by Gasteiger charge is -1.96. The molecule has 0 radical (unpaired) electrons. The van der Waals surface area contributed by atoms with Gasteiger partial charge in [-0.05, 0) is 48.0 Å². The summed E-state index contributed by atoms with van der Waals surface area (Å²) >= 11 is 0. The molecule has 0 aliphatic heterocycles. The summed E-state index contributed by atoms with van der Waals surface area (Å²) in [6.07, 6.45) is 4.77. The smallest absolute Gasteiger partial charge is 0.272 e. The van der Waals surface area contributed by atoms with Crippen LogP contribution in [0.15, 0.2) is 60.0 Å². The molecular formula is C16H12FN5O. The van der Waals surface area contributed by atoms with Crippen molar-refractivity contribution in [1.29, 1.82) is 0 Å². The van der Waals surface area contributed by atoms with E-state index in [4.69, 9.17) is 0 Å². The first-order chi connectivity index (χ1) is 11.2. The fraction of sp³-hybridized carbons (Fsp3) is 0. The number of hydrogen-bond acceptors (Lipinski definition) is 4. The Bertz CT molecular complexity index is 827. The average Bonchev–Trinajstić information content (AvgIpc) is 3.06. The first-order valence-corrected chi connectivity index (χ1v) is 6.77. The van der Waals surface area contributed by atoms with Crippen LogP contribution in [0.25, 0.3) is 11.3 Å². The molecule has 114 valence electrons. The molecule has 1 aromatic carbocycles. The Morgan fingerprint density at radius 2 is 1.91 bits per heavy atom. The normalized spacial score (nSPS) is 10.8. The molecule has 2 aromatic heterocycles. The van der Waals surface area contributed by atoms with Gasteiger partial charge < -0.3 is 0 Å². The molecule has 3 aromatic rings. The monoisotopic (exact) mass is 309 g/mol. The number of rotatable bonds is 4. The summed E-state index contributed by atoms with van der Waals surface area (Å²) in [5.41, 5.74) is 4.74. The van der Waals surface area contributed by atoms with Gasteiger partial charge in [0.25, 0.3) is 5.91 Å². The van der Waals surface area contributed by atoms with Crippen LogP contribution in [0.1, 0.15) is 16.1 Å². The zero-order chi connectivity index (χ0) is 16.1. The second-order valence-electron chi connectivity index (χ2n) is 4.65. The Labute approximate surface area is 131 Å².